The monoisotopic (exact) mass is 499 g/mol. The smallest absolute Gasteiger partial charge is 0.0503 e. The molecular weight excluding hydrogens is 491 g/mol. The fourth-order valence-corrected chi connectivity index (χ4v) is 3.99. The maximum Gasteiger partial charge on any atom is 0.0503 e. The van der Waals surface area contributed by atoms with E-state index >= 15 is 0 Å². The molecule has 0 aliphatic heterocycles. The molecule has 1 atom stereocenters. The molecule has 66 valence electrons. The molecule has 0 bridgehead atoms. The summed E-state index contributed by atoms with van der Waals surface area (Å²) in [5, 5.41) is 0. The SMILES string of the molecule is IC(CN(I)I)c1ccccc1. The van der Waals surface area contributed by atoms with Gasteiger partial charge in [-0.05, 0) is 5.56 Å². The second-order valence-corrected chi connectivity index (χ2v) is 8.04. The number of alkyl halides is 1. The van der Waals surface area contributed by atoms with Crippen LogP contribution in [0.3, 0.4) is 0 Å². The van der Waals surface area contributed by atoms with Crippen molar-refractivity contribution in [2.24, 2.45) is 0 Å². The van der Waals surface area contributed by atoms with E-state index in [9.17, 15) is 0 Å². The molecule has 1 aromatic rings. The molecule has 0 heterocycles. The van der Waals surface area contributed by atoms with Gasteiger partial charge in [0.2, 0.25) is 0 Å². The Kier molecular flexibility index (Phi) is 5.69. The van der Waals surface area contributed by atoms with Crippen molar-refractivity contribution in [3.8, 4) is 0 Å². The van der Waals surface area contributed by atoms with Crippen LogP contribution in [0, 0.1) is 0 Å². The molecule has 0 spiro atoms. The summed E-state index contributed by atoms with van der Waals surface area (Å²) >= 11 is 7.07. The van der Waals surface area contributed by atoms with Crippen molar-refractivity contribution in [2.75, 3.05) is 6.54 Å². The molecule has 1 aromatic carbocycles. The Morgan fingerprint density at radius 2 is 1.75 bits per heavy atom. The van der Waals surface area contributed by atoms with Crippen LogP contribution in [0.25, 0.3) is 0 Å². The highest BCUT2D eigenvalue weighted by atomic mass is 127. The Morgan fingerprint density at radius 1 is 1.17 bits per heavy atom. The first-order valence-electron chi connectivity index (χ1n) is 3.48. The molecule has 0 radical (unpaired) electrons. The summed E-state index contributed by atoms with van der Waals surface area (Å²) in [6.07, 6.45) is 0. The summed E-state index contributed by atoms with van der Waals surface area (Å²) < 4.78 is 2.73. The number of halogens is 3. The minimum absolute atomic E-state index is 0.581. The van der Waals surface area contributed by atoms with E-state index in [1.165, 1.54) is 5.56 Å². The van der Waals surface area contributed by atoms with Crippen LogP contribution in [0.1, 0.15) is 9.49 Å². The van der Waals surface area contributed by atoms with Crippen LogP contribution >= 0.6 is 68.3 Å². The van der Waals surface area contributed by atoms with Gasteiger partial charge in [-0.15, -0.1) is 0 Å². The molecule has 0 saturated heterocycles. The predicted molar refractivity (Wildman–Crippen MR) is 77.9 cm³/mol. The van der Waals surface area contributed by atoms with Crippen molar-refractivity contribution < 1.29 is 0 Å². The molecule has 12 heavy (non-hydrogen) atoms. The number of hydrogen-bond donors (Lipinski definition) is 0. The lowest BCUT2D eigenvalue weighted by atomic mass is 10.2. The molecule has 0 aliphatic carbocycles. The lowest BCUT2D eigenvalue weighted by Gasteiger charge is -2.12. The van der Waals surface area contributed by atoms with Gasteiger partial charge in [0.05, 0.1) is 3.92 Å². The van der Waals surface area contributed by atoms with Gasteiger partial charge in [0.25, 0.3) is 0 Å². The third-order valence-corrected chi connectivity index (χ3v) is 3.36. The standard InChI is InChI=1S/C8H8I3N/c9-8(6-12(10)11)7-4-2-1-3-5-7/h1-5,8H,6H2. The van der Waals surface area contributed by atoms with Crippen LogP contribution in [-0.4, -0.2) is 7.87 Å². The molecule has 0 fully saturated rings. The minimum atomic E-state index is 0.581. The van der Waals surface area contributed by atoms with Crippen LogP contribution in [0.15, 0.2) is 30.3 Å². The summed E-state index contributed by atoms with van der Waals surface area (Å²) in [6, 6.07) is 10.6. The average Bonchev–Trinajstić information content (AvgIpc) is 2.05. The van der Waals surface area contributed by atoms with Gasteiger partial charge in [0.1, 0.15) is 0 Å². The summed E-state index contributed by atoms with van der Waals surface area (Å²) in [5.74, 6) is 0. The zero-order valence-electron chi connectivity index (χ0n) is 6.25. The van der Waals surface area contributed by atoms with Gasteiger partial charge in [-0.3, -0.25) is 0 Å². The van der Waals surface area contributed by atoms with Crippen LogP contribution in [0.2, 0.25) is 0 Å². The van der Waals surface area contributed by atoms with E-state index in [-0.39, 0.29) is 0 Å². The van der Waals surface area contributed by atoms with Gasteiger partial charge in [0, 0.05) is 52.3 Å². The Balaban J connectivity index is 2.59. The van der Waals surface area contributed by atoms with E-state index in [4.69, 9.17) is 0 Å². The van der Waals surface area contributed by atoms with Crippen molar-refractivity contribution in [3.05, 3.63) is 35.9 Å². The van der Waals surface area contributed by atoms with Gasteiger partial charge in [-0.2, -0.15) is 1.33 Å². The van der Waals surface area contributed by atoms with Crippen LogP contribution in [0.4, 0.5) is 0 Å². The summed E-state index contributed by atoms with van der Waals surface area (Å²) in [5.41, 5.74) is 1.40. The Hall–Kier alpha value is 1.37. The van der Waals surface area contributed by atoms with Crippen molar-refractivity contribution in [1.82, 2.24) is 1.33 Å². The molecule has 0 N–H and O–H groups in total. The van der Waals surface area contributed by atoms with Crippen molar-refractivity contribution in [1.29, 1.82) is 0 Å². The molecule has 1 unspecified atom stereocenters. The molecule has 1 nitrogen and oxygen atoms in total. The number of hydrogen-bond acceptors (Lipinski definition) is 1. The van der Waals surface area contributed by atoms with E-state index in [1.54, 1.807) is 0 Å². The molecule has 0 aromatic heterocycles. The topological polar surface area (TPSA) is 3.24 Å². The largest absolute Gasteiger partial charge is 0.187 e. The van der Waals surface area contributed by atoms with E-state index in [2.05, 4.69) is 100.0 Å². The highest BCUT2D eigenvalue weighted by Gasteiger charge is 2.08. The third-order valence-electron chi connectivity index (χ3n) is 1.46. The maximum absolute atomic E-state index is 2.47. The van der Waals surface area contributed by atoms with Crippen molar-refractivity contribution in [3.63, 3.8) is 0 Å². The van der Waals surface area contributed by atoms with Gasteiger partial charge in [-0.25, -0.2) is 0 Å². The highest BCUT2D eigenvalue weighted by Crippen LogP contribution is 2.26. The Bertz CT molecular complexity index is 225. The summed E-state index contributed by atoms with van der Waals surface area (Å²) in [4.78, 5) is 0. The van der Waals surface area contributed by atoms with E-state index in [0.29, 0.717) is 3.92 Å². The Morgan fingerprint density at radius 3 is 2.25 bits per heavy atom. The number of nitrogens with zero attached hydrogens (tertiary/aromatic N) is 1. The van der Waals surface area contributed by atoms with Gasteiger partial charge in [-0.1, -0.05) is 52.9 Å². The number of benzene rings is 1. The third kappa shape index (κ3) is 4.05. The molecule has 4 heteroatoms. The van der Waals surface area contributed by atoms with Gasteiger partial charge in [0.15, 0.2) is 0 Å². The van der Waals surface area contributed by atoms with Crippen LogP contribution < -0.4 is 0 Å². The van der Waals surface area contributed by atoms with Gasteiger partial charge < -0.3 is 0 Å². The van der Waals surface area contributed by atoms with Crippen molar-refractivity contribution in [2.45, 2.75) is 3.92 Å². The zero-order valence-corrected chi connectivity index (χ0v) is 12.7. The van der Waals surface area contributed by atoms with E-state index in [0.717, 1.165) is 6.54 Å². The maximum atomic E-state index is 2.47. The normalized spacial score (nSPS) is 13.3. The summed E-state index contributed by atoms with van der Waals surface area (Å²) in [7, 11) is 0. The fraction of sp³-hybridized carbons (Fsp3) is 0.250. The molecular formula is C8H8I3N. The second kappa shape index (κ2) is 5.97. The molecule has 0 saturated carbocycles. The van der Waals surface area contributed by atoms with Gasteiger partial charge >= 0.3 is 0 Å². The van der Waals surface area contributed by atoms with E-state index in [1.807, 2.05) is 0 Å². The minimum Gasteiger partial charge on any atom is -0.187 e. The highest BCUT2D eigenvalue weighted by molar-refractivity contribution is 14.2. The number of rotatable bonds is 3. The summed E-state index contributed by atoms with van der Waals surface area (Å²) in [6.45, 7) is 1.08. The lowest BCUT2D eigenvalue weighted by molar-refractivity contribution is 0.805. The van der Waals surface area contributed by atoms with Crippen LogP contribution in [-0.2, 0) is 0 Å². The van der Waals surface area contributed by atoms with Crippen molar-refractivity contribution >= 4 is 68.3 Å². The van der Waals surface area contributed by atoms with E-state index < -0.39 is 0 Å². The predicted octanol–water partition coefficient (Wildman–Crippen LogP) is 4.16. The second-order valence-electron chi connectivity index (χ2n) is 2.36. The first-order valence-corrected chi connectivity index (χ1v) is 6.66. The first kappa shape index (κ1) is 11.4. The lowest BCUT2D eigenvalue weighted by Crippen LogP contribution is -2.05. The molecule has 0 amide bonds. The zero-order chi connectivity index (χ0) is 8.97. The Labute approximate surface area is 114 Å². The first-order chi connectivity index (χ1) is 5.70. The quantitative estimate of drug-likeness (QED) is 0.344. The fourth-order valence-electron chi connectivity index (χ4n) is 0.888. The van der Waals surface area contributed by atoms with Crippen LogP contribution in [0.5, 0.6) is 0 Å². The molecule has 0 aliphatic rings. The average molecular weight is 499 g/mol. The molecule has 1 rings (SSSR count).